The molecule has 2 nitrogen and oxygen atoms in total. The van der Waals surface area contributed by atoms with Crippen molar-refractivity contribution < 1.29 is 0 Å². The van der Waals surface area contributed by atoms with Gasteiger partial charge in [0.25, 0.3) is 0 Å². The molecule has 0 radical (unpaired) electrons. The molecule has 1 fully saturated rings. The Morgan fingerprint density at radius 3 is 2.16 bits per heavy atom. The second-order valence-electron chi connectivity index (χ2n) is 7.23. The molecule has 1 saturated carbocycles. The predicted octanol–water partition coefficient (Wildman–Crippen LogP) is 3.91. The van der Waals surface area contributed by atoms with Crippen LogP contribution in [0.4, 0.5) is 0 Å². The molecule has 0 aliphatic heterocycles. The third-order valence-corrected chi connectivity index (χ3v) is 4.98. The standard InChI is InChI=1S/C17H36N2/c1-7-12-18-15-11-10-14(17(4,5)6)13-16(15)19(8-2)9-3/h14-16,18H,7-13H2,1-6H3. The lowest BCUT2D eigenvalue weighted by atomic mass is 9.69. The number of likely N-dealkylation sites (N-methyl/N-ethyl adjacent to an activating group) is 1. The first-order valence-electron chi connectivity index (χ1n) is 8.41. The maximum absolute atomic E-state index is 3.80. The van der Waals surface area contributed by atoms with Gasteiger partial charge in [0.15, 0.2) is 0 Å². The van der Waals surface area contributed by atoms with Crippen molar-refractivity contribution in [2.24, 2.45) is 11.3 Å². The highest BCUT2D eigenvalue weighted by Crippen LogP contribution is 2.39. The number of nitrogens with zero attached hydrogens (tertiary/aromatic N) is 1. The first-order chi connectivity index (χ1) is 8.93. The van der Waals surface area contributed by atoms with Crippen LogP contribution in [0.15, 0.2) is 0 Å². The van der Waals surface area contributed by atoms with Crippen LogP contribution in [0.1, 0.15) is 67.2 Å². The summed E-state index contributed by atoms with van der Waals surface area (Å²) in [6.45, 7) is 17.7. The maximum atomic E-state index is 3.80. The summed E-state index contributed by atoms with van der Waals surface area (Å²) >= 11 is 0. The molecule has 3 unspecified atom stereocenters. The number of nitrogens with one attached hydrogen (secondary N) is 1. The molecular weight excluding hydrogens is 232 g/mol. The van der Waals surface area contributed by atoms with Gasteiger partial charge in [0.05, 0.1) is 0 Å². The van der Waals surface area contributed by atoms with E-state index in [9.17, 15) is 0 Å². The van der Waals surface area contributed by atoms with E-state index in [-0.39, 0.29) is 0 Å². The van der Waals surface area contributed by atoms with Crippen LogP contribution < -0.4 is 5.32 Å². The largest absolute Gasteiger partial charge is 0.312 e. The molecule has 0 aromatic carbocycles. The Morgan fingerprint density at radius 2 is 1.68 bits per heavy atom. The molecule has 0 heterocycles. The molecule has 1 N–H and O–H groups in total. The quantitative estimate of drug-likeness (QED) is 0.785. The van der Waals surface area contributed by atoms with Gasteiger partial charge in [0.2, 0.25) is 0 Å². The van der Waals surface area contributed by atoms with E-state index in [1.54, 1.807) is 0 Å². The summed E-state index contributed by atoms with van der Waals surface area (Å²) in [7, 11) is 0. The van der Waals surface area contributed by atoms with Crippen molar-refractivity contribution >= 4 is 0 Å². The SMILES string of the molecule is CCCNC1CCC(C(C)(C)C)CC1N(CC)CC. The molecule has 3 atom stereocenters. The topological polar surface area (TPSA) is 15.3 Å². The molecule has 114 valence electrons. The monoisotopic (exact) mass is 268 g/mol. The Labute approximate surface area is 121 Å². The van der Waals surface area contributed by atoms with Crippen molar-refractivity contribution in [1.82, 2.24) is 10.2 Å². The number of rotatable bonds is 6. The van der Waals surface area contributed by atoms with Crippen LogP contribution in [-0.4, -0.2) is 36.6 Å². The van der Waals surface area contributed by atoms with Crippen molar-refractivity contribution in [2.45, 2.75) is 79.3 Å². The van der Waals surface area contributed by atoms with Crippen LogP contribution in [0.2, 0.25) is 0 Å². The first kappa shape index (κ1) is 17.0. The lowest BCUT2D eigenvalue weighted by molar-refractivity contribution is 0.0638. The van der Waals surface area contributed by atoms with Gasteiger partial charge in [-0.3, -0.25) is 4.90 Å². The van der Waals surface area contributed by atoms with Gasteiger partial charge in [-0.1, -0.05) is 41.5 Å². The average molecular weight is 268 g/mol. The minimum atomic E-state index is 0.459. The zero-order chi connectivity index (χ0) is 14.5. The number of hydrogen-bond donors (Lipinski definition) is 1. The lowest BCUT2D eigenvalue weighted by Crippen LogP contribution is -2.54. The van der Waals surface area contributed by atoms with E-state index in [0.717, 1.165) is 12.0 Å². The molecule has 1 aliphatic rings. The fourth-order valence-electron chi connectivity index (χ4n) is 3.60. The lowest BCUT2D eigenvalue weighted by Gasteiger charge is -2.46. The summed E-state index contributed by atoms with van der Waals surface area (Å²) in [6.07, 6.45) is 5.35. The zero-order valence-electron chi connectivity index (χ0n) is 14.1. The molecule has 0 bridgehead atoms. The minimum absolute atomic E-state index is 0.459. The Bertz CT molecular complexity index is 240. The Hall–Kier alpha value is -0.0800. The van der Waals surface area contributed by atoms with Gasteiger partial charge in [0.1, 0.15) is 0 Å². The highest BCUT2D eigenvalue weighted by atomic mass is 15.2. The summed E-state index contributed by atoms with van der Waals surface area (Å²) in [4.78, 5) is 2.67. The van der Waals surface area contributed by atoms with E-state index < -0.39 is 0 Å². The molecule has 0 saturated heterocycles. The van der Waals surface area contributed by atoms with Crippen LogP contribution >= 0.6 is 0 Å². The Morgan fingerprint density at radius 1 is 1.05 bits per heavy atom. The third-order valence-electron chi connectivity index (χ3n) is 4.98. The molecule has 0 aromatic heterocycles. The second kappa shape index (κ2) is 7.64. The van der Waals surface area contributed by atoms with Gasteiger partial charge in [-0.25, -0.2) is 0 Å². The van der Waals surface area contributed by atoms with Crippen molar-refractivity contribution in [2.75, 3.05) is 19.6 Å². The zero-order valence-corrected chi connectivity index (χ0v) is 14.1. The van der Waals surface area contributed by atoms with E-state index in [1.165, 1.54) is 45.3 Å². The number of hydrogen-bond acceptors (Lipinski definition) is 2. The Kier molecular flexibility index (Phi) is 6.82. The molecule has 2 heteroatoms. The first-order valence-corrected chi connectivity index (χ1v) is 8.41. The van der Waals surface area contributed by atoms with Gasteiger partial charge in [0, 0.05) is 12.1 Å². The van der Waals surface area contributed by atoms with Gasteiger partial charge in [-0.15, -0.1) is 0 Å². The van der Waals surface area contributed by atoms with Gasteiger partial charge in [-0.2, -0.15) is 0 Å². The van der Waals surface area contributed by atoms with Gasteiger partial charge in [-0.05, 0) is 56.7 Å². The summed E-state index contributed by atoms with van der Waals surface area (Å²) in [5.74, 6) is 0.873. The van der Waals surface area contributed by atoms with Crippen molar-refractivity contribution in [1.29, 1.82) is 0 Å². The molecule has 0 spiro atoms. The summed E-state index contributed by atoms with van der Waals surface area (Å²) in [6, 6.07) is 1.44. The normalized spacial score (nSPS) is 28.9. The fourth-order valence-corrected chi connectivity index (χ4v) is 3.60. The van der Waals surface area contributed by atoms with Crippen LogP contribution in [0.25, 0.3) is 0 Å². The van der Waals surface area contributed by atoms with E-state index in [2.05, 4.69) is 51.8 Å². The summed E-state index contributed by atoms with van der Waals surface area (Å²) in [5.41, 5.74) is 0.459. The average Bonchev–Trinajstić information content (AvgIpc) is 2.37. The van der Waals surface area contributed by atoms with E-state index >= 15 is 0 Å². The molecule has 19 heavy (non-hydrogen) atoms. The van der Waals surface area contributed by atoms with Crippen LogP contribution in [-0.2, 0) is 0 Å². The van der Waals surface area contributed by atoms with Gasteiger partial charge < -0.3 is 5.32 Å². The summed E-state index contributed by atoms with van der Waals surface area (Å²) in [5, 5.41) is 3.80. The summed E-state index contributed by atoms with van der Waals surface area (Å²) < 4.78 is 0. The maximum Gasteiger partial charge on any atom is 0.0251 e. The second-order valence-corrected chi connectivity index (χ2v) is 7.23. The van der Waals surface area contributed by atoms with Crippen molar-refractivity contribution in [3.63, 3.8) is 0 Å². The van der Waals surface area contributed by atoms with E-state index in [0.29, 0.717) is 11.5 Å². The van der Waals surface area contributed by atoms with E-state index in [1.807, 2.05) is 0 Å². The molecule has 1 aliphatic carbocycles. The van der Waals surface area contributed by atoms with E-state index in [4.69, 9.17) is 0 Å². The molecule has 0 aromatic rings. The van der Waals surface area contributed by atoms with Crippen LogP contribution in [0.3, 0.4) is 0 Å². The van der Waals surface area contributed by atoms with Crippen LogP contribution in [0, 0.1) is 11.3 Å². The third kappa shape index (κ3) is 4.75. The van der Waals surface area contributed by atoms with Crippen LogP contribution in [0.5, 0.6) is 0 Å². The Balaban J connectivity index is 2.73. The fraction of sp³-hybridized carbons (Fsp3) is 1.00. The van der Waals surface area contributed by atoms with Crippen molar-refractivity contribution in [3.05, 3.63) is 0 Å². The van der Waals surface area contributed by atoms with Gasteiger partial charge >= 0.3 is 0 Å². The smallest absolute Gasteiger partial charge is 0.0251 e. The highest BCUT2D eigenvalue weighted by Gasteiger charge is 2.37. The predicted molar refractivity (Wildman–Crippen MR) is 85.6 cm³/mol. The molecular formula is C17H36N2. The highest BCUT2D eigenvalue weighted by molar-refractivity contribution is 4.93. The minimum Gasteiger partial charge on any atom is -0.312 e. The van der Waals surface area contributed by atoms with Crippen molar-refractivity contribution in [3.8, 4) is 0 Å². The molecule has 1 rings (SSSR count). The molecule has 0 amide bonds.